The molecular formula is C7H9F3O4S. The van der Waals surface area contributed by atoms with Crippen LogP contribution in [0.5, 0.6) is 0 Å². The molecule has 0 aromatic carbocycles. The van der Waals surface area contributed by atoms with Crippen LogP contribution in [0.1, 0.15) is 6.42 Å². The van der Waals surface area contributed by atoms with Gasteiger partial charge in [-0.25, -0.2) is 8.42 Å². The Hall–Kier alpha value is -0.790. The average Bonchev–Trinajstić information content (AvgIpc) is 2.21. The van der Waals surface area contributed by atoms with Crippen molar-refractivity contribution in [1.82, 2.24) is 0 Å². The third-order valence-corrected chi connectivity index (χ3v) is 4.08. The molecule has 0 aromatic rings. The lowest BCUT2D eigenvalue weighted by molar-refractivity contribution is -0.154. The predicted octanol–water partition coefficient (Wildman–Crippen LogP) is 0.684. The summed E-state index contributed by atoms with van der Waals surface area (Å²) in [6, 6.07) is 0. The third kappa shape index (κ3) is 3.37. The summed E-state index contributed by atoms with van der Waals surface area (Å²) in [5.41, 5.74) is 0. The van der Waals surface area contributed by atoms with Crippen LogP contribution < -0.4 is 0 Å². The first kappa shape index (κ1) is 12.3. The zero-order chi connectivity index (χ0) is 11.9. The Morgan fingerprint density at radius 3 is 2.27 bits per heavy atom. The van der Waals surface area contributed by atoms with Crippen molar-refractivity contribution in [2.45, 2.75) is 12.6 Å². The molecule has 0 spiro atoms. The van der Waals surface area contributed by atoms with E-state index in [0.29, 0.717) is 0 Å². The second kappa shape index (κ2) is 3.66. The van der Waals surface area contributed by atoms with Crippen LogP contribution in [0.2, 0.25) is 0 Å². The van der Waals surface area contributed by atoms with Gasteiger partial charge in [-0.3, -0.25) is 4.79 Å². The third-order valence-electron chi connectivity index (χ3n) is 2.28. The van der Waals surface area contributed by atoms with Gasteiger partial charge in [-0.05, 0) is 5.92 Å². The smallest absolute Gasteiger partial charge is 0.389 e. The van der Waals surface area contributed by atoms with Gasteiger partial charge in [0, 0.05) is 6.42 Å². The molecule has 0 saturated carbocycles. The molecule has 0 aromatic heterocycles. The molecule has 1 heterocycles. The summed E-state index contributed by atoms with van der Waals surface area (Å²) < 4.78 is 58.0. The topological polar surface area (TPSA) is 71.4 Å². The number of carboxylic acids is 1. The van der Waals surface area contributed by atoms with Crippen molar-refractivity contribution in [2.75, 3.05) is 11.5 Å². The van der Waals surface area contributed by atoms with Crippen LogP contribution in [-0.4, -0.2) is 37.2 Å². The fourth-order valence-corrected chi connectivity index (χ4v) is 3.79. The lowest BCUT2D eigenvalue weighted by Crippen LogP contribution is -2.26. The molecule has 0 radical (unpaired) electrons. The van der Waals surface area contributed by atoms with Gasteiger partial charge in [0.1, 0.15) is 0 Å². The van der Waals surface area contributed by atoms with E-state index in [1.165, 1.54) is 0 Å². The highest BCUT2D eigenvalue weighted by Crippen LogP contribution is 2.35. The summed E-state index contributed by atoms with van der Waals surface area (Å²) in [5.74, 6) is -5.65. The van der Waals surface area contributed by atoms with E-state index < -0.39 is 51.7 Å². The number of hydrogen-bond acceptors (Lipinski definition) is 3. The number of rotatable bonds is 2. The molecule has 1 aliphatic heterocycles. The van der Waals surface area contributed by atoms with E-state index in [1.807, 2.05) is 0 Å². The van der Waals surface area contributed by atoms with Gasteiger partial charge in [0.25, 0.3) is 0 Å². The molecular weight excluding hydrogens is 237 g/mol. The zero-order valence-electron chi connectivity index (χ0n) is 7.49. The van der Waals surface area contributed by atoms with E-state index in [4.69, 9.17) is 5.11 Å². The molecule has 0 bridgehead atoms. The van der Waals surface area contributed by atoms with E-state index >= 15 is 0 Å². The largest absolute Gasteiger partial charge is 0.481 e. The van der Waals surface area contributed by atoms with Gasteiger partial charge in [0.2, 0.25) is 0 Å². The van der Waals surface area contributed by atoms with Crippen LogP contribution in [0.4, 0.5) is 13.2 Å². The summed E-state index contributed by atoms with van der Waals surface area (Å²) in [6.07, 6.45) is -5.89. The molecule has 88 valence electrons. The number of sulfone groups is 1. The maximum absolute atomic E-state index is 12.0. The monoisotopic (exact) mass is 246 g/mol. The molecule has 2 atom stereocenters. The molecule has 1 rings (SSSR count). The number of hydrogen-bond donors (Lipinski definition) is 1. The Bertz CT molecular complexity index is 359. The Balaban J connectivity index is 2.83. The van der Waals surface area contributed by atoms with Gasteiger partial charge in [-0.15, -0.1) is 0 Å². The van der Waals surface area contributed by atoms with Crippen molar-refractivity contribution in [2.24, 2.45) is 11.8 Å². The second-order valence-electron chi connectivity index (χ2n) is 3.60. The Kier molecular flexibility index (Phi) is 2.99. The van der Waals surface area contributed by atoms with Crippen molar-refractivity contribution in [3.8, 4) is 0 Å². The summed E-state index contributed by atoms with van der Waals surface area (Å²) in [5, 5.41) is 8.58. The van der Waals surface area contributed by atoms with Gasteiger partial charge < -0.3 is 5.11 Å². The first-order valence-electron chi connectivity index (χ1n) is 4.11. The molecule has 2 unspecified atom stereocenters. The van der Waals surface area contributed by atoms with Gasteiger partial charge in [0.05, 0.1) is 17.4 Å². The van der Waals surface area contributed by atoms with E-state index in [0.717, 1.165) is 0 Å². The molecule has 1 saturated heterocycles. The molecule has 1 aliphatic rings. The quantitative estimate of drug-likeness (QED) is 0.777. The van der Waals surface area contributed by atoms with Crippen LogP contribution in [-0.2, 0) is 14.6 Å². The average molecular weight is 246 g/mol. The number of carboxylic acid groups (broad SMARTS) is 1. The number of aliphatic carboxylic acids is 1. The first-order valence-corrected chi connectivity index (χ1v) is 5.93. The fraction of sp³-hybridized carbons (Fsp3) is 0.857. The number of alkyl halides is 3. The molecule has 1 N–H and O–H groups in total. The maximum atomic E-state index is 12.0. The van der Waals surface area contributed by atoms with Gasteiger partial charge in [-0.2, -0.15) is 13.2 Å². The Morgan fingerprint density at radius 1 is 1.33 bits per heavy atom. The van der Waals surface area contributed by atoms with Crippen molar-refractivity contribution in [1.29, 1.82) is 0 Å². The van der Waals surface area contributed by atoms with Crippen molar-refractivity contribution in [3.05, 3.63) is 0 Å². The summed E-state index contributed by atoms with van der Waals surface area (Å²) >= 11 is 0. The number of halogens is 3. The van der Waals surface area contributed by atoms with Gasteiger partial charge in [-0.1, -0.05) is 0 Å². The van der Waals surface area contributed by atoms with Crippen molar-refractivity contribution < 1.29 is 31.5 Å². The molecule has 15 heavy (non-hydrogen) atoms. The summed E-state index contributed by atoms with van der Waals surface area (Å²) in [4.78, 5) is 10.6. The van der Waals surface area contributed by atoms with Crippen LogP contribution in [0, 0.1) is 11.8 Å². The van der Waals surface area contributed by atoms with E-state index in [2.05, 4.69) is 0 Å². The van der Waals surface area contributed by atoms with E-state index in [-0.39, 0.29) is 0 Å². The van der Waals surface area contributed by atoms with Crippen molar-refractivity contribution >= 4 is 15.8 Å². The molecule has 4 nitrogen and oxygen atoms in total. The molecule has 0 aliphatic carbocycles. The minimum absolute atomic E-state index is 0.691. The second-order valence-corrected chi connectivity index (χ2v) is 5.75. The highest BCUT2D eigenvalue weighted by molar-refractivity contribution is 7.91. The Labute approximate surface area is 84.0 Å². The van der Waals surface area contributed by atoms with Crippen molar-refractivity contribution in [3.63, 3.8) is 0 Å². The highest BCUT2D eigenvalue weighted by atomic mass is 32.2. The minimum atomic E-state index is -4.53. The lowest BCUT2D eigenvalue weighted by Gasteiger charge is -2.15. The maximum Gasteiger partial charge on any atom is 0.389 e. The zero-order valence-corrected chi connectivity index (χ0v) is 8.31. The van der Waals surface area contributed by atoms with Crippen LogP contribution >= 0.6 is 0 Å². The van der Waals surface area contributed by atoms with Crippen LogP contribution in [0.25, 0.3) is 0 Å². The molecule has 1 fully saturated rings. The van der Waals surface area contributed by atoms with Crippen LogP contribution in [0.15, 0.2) is 0 Å². The summed E-state index contributed by atoms with van der Waals surface area (Å²) in [7, 11) is -3.64. The first-order chi connectivity index (χ1) is 6.61. The minimum Gasteiger partial charge on any atom is -0.481 e. The van der Waals surface area contributed by atoms with E-state index in [1.54, 1.807) is 0 Å². The normalized spacial score (nSPS) is 30.3. The van der Waals surface area contributed by atoms with E-state index in [9.17, 15) is 26.4 Å². The summed E-state index contributed by atoms with van der Waals surface area (Å²) in [6.45, 7) is 0. The highest BCUT2D eigenvalue weighted by Gasteiger charge is 2.46. The van der Waals surface area contributed by atoms with Gasteiger partial charge >= 0.3 is 12.1 Å². The predicted molar refractivity (Wildman–Crippen MR) is 43.9 cm³/mol. The van der Waals surface area contributed by atoms with Crippen LogP contribution in [0.3, 0.4) is 0 Å². The molecule has 0 amide bonds. The Morgan fingerprint density at radius 2 is 1.87 bits per heavy atom. The lowest BCUT2D eigenvalue weighted by atomic mass is 9.93. The number of carbonyl (C=O) groups is 1. The molecule has 8 heteroatoms. The SMILES string of the molecule is O=C(O)C1CS(=O)(=O)CC1CC(F)(F)F. The van der Waals surface area contributed by atoms with Gasteiger partial charge in [0.15, 0.2) is 9.84 Å². The standard InChI is InChI=1S/C7H9F3O4S/c8-7(9,10)1-4-2-15(13,14)3-5(4)6(11)12/h4-5H,1-3H2,(H,11,12). The fourth-order valence-electron chi connectivity index (χ4n) is 1.69.